The number of hydrogen-bond donors (Lipinski definition) is 1. The molecular formula is C21H26N6. The number of fused-ring (bicyclic) bond motifs is 1. The molecule has 0 aromatic carbocycles. The van der Waals surface area contributed by atoms with E-state index in [0.29, 0.717) is 11.5 Å². The van der Waals surface area contributed by atoms with Crippen molar-refractivity contribution in [1.29, 1.82) is 0 Å². The van der Waals surface area contributed by atoms with Crippen LogP contribution in [0.4, 0.5) is 5.95 Å². The molecule has 27 heavy (non-hydrogen) atoms. The number of hydrogen-bond acceptors (Lipinski definition) is 5. The zero-order valence-corrected chi connectivity index (χ0v) is 15.8. The summed E-state index contributed by atoms with van der Waals surface area (Å²) in [5.41, 5.74) is 10.6. The third-order valence-corrected chi connectivity index (χ3v) is 6.65. The number of aromatic nitrogens is 4. The standard InChI is InChI=1S/C21H26N6/c1-15-18(16-5-2-3-10-23-16)19-24-11-14-27(19)20(25-15)26-12-8-21(9-13-26)7-4-6-17(21)22/h2-3,5,10-11,14,17H,4,6-9,12-13,22H2,1H3/t17-/m1/s1. The first-order valence-corrected chi connectivity index (χ1v) is 9.94. The van der Waals surface area contributed by atoms with Crippen molar-refractivity contribution in [2.45, 2.75) is 45.1 Å². The lowest BCUT2D eigenvalue weighted by Gasteiger charge is -2.42. The average molecular weight is 362 g/mol. The van der Waals surface area contributed by atoms with Crippen LogP contribution in [-0.4, -0.2) is 38.5 Å². The van der Waals surface area contributed by atoms with Gasteiger partial charge in [0.05, 0.1) is 17.0 Å². The van der Waals surface area contributed by atoms with Crippen molar-refractivity contribution >= 4 is 11.6 Å². The summed E-state index contributed by atoms with van der Waals surface area (Å²) < 4.78 is 2.11. The molecule has 5 rings (SSSR count). The first-order chi connectivity index (χ1) is 13.2. The van der Waals surface area contributed by atoms with E-state index >= 15 is 0 Å². The van der Waals surface area contributed by atoms with E-state index in [2.05, 4.69) is 26.2 Å². The Morgan fingerprint density at radius 1 is 1.11 bits per heavy atom. The van der Waals surface area contributed by atoms with Gasteiger partial charge in [0, 0.05) is 37.7 Å². The minimum Gasteiger partial charge on any atom is -0.342 e. The largest absolute Gasteiger partial charge is 0.342 e. The Labute approximate surface area is 159 Å². The molecule has 6 heteroatoms. The highest BCUT2D eigenvalue weighted by Gasteiger charge is 2.43. The average Bonchev–Trinajstić information content (AvgIpc) is 3.30. The second kappa shape index (κ2) is 6.30. The molecule has 140 valence electrons. The quantitative estimate of drug-likeness (QED) is 0.758. The monoisotopic (exact) mass is 362 g/mol. The van der Waals surface area contributed by atoms with E-state index < -0.39 is 0 Å². The lowest BCUT2D eigenvalue weighted by atomic mass is 9.74. The van der Waals surface area contributed by atoms with Crippen molar-refractivity contribution < 1.29 is 0 Å². The molecule has 1 atom stereocenters. The number of nitrogens with zero attached hydrogens (tertiary/aromatic N) is 5. The molecule has 6 nitrogen and oxygen atoms in total. The van der Waals surface area contributed by atoms with Gasteiger partial charge in [-0.1, -0.05) is 12.5 Å². The zero-order valence-electron chi connectivity index (χ0n) is 15.8. The molecule has 0 amide bonds. The van der Waals surface area contributed by atoms with Crippen LogP contribution in [0.2, 0.25) is 0 Å². The van der Waals surface area contributed by atoms with Gasteiger partial charge in [-0.3, -0.25) is 9.38 Å². The fraction of sp³-hybridized carbons (Fsp3) is 0.476. The Kier molecular flexibility index (Phi) is 3.90. The molecule has 4 heterocycles. The fourth-order valence-electron chi connectivity index (χ4n) is 5.04. The molecule has 2 N–H and O–H groups in total. The molecule has 3 aromatic rings. The number of piperidine rings is 1. The summed E-state index contributed by atoms with van der Waals surface area (Å²) in [5.74, 6) is 0.987. The SMILES string of the molecule is Cc1nc(N2CCC3(CCC[C@H]3N)CC2)n2ccnc2c1-c1ccccn1. The Morgan fingerprint density at radius 3 is 2.67 bits per heavy atom. The van der Waals surface area contributed by atoms with E-state index in [0.717, 1.165) is 54.5 Å². The molecule has 1 aliphatic carbocycles. The topological polar surface area (TPSA) is 72.3 Å². The molecule has 0 bridgehead atoms. The van der Waals surface area contributed by atoms with Gasteiger partial charge < -0.3 is 10.6 Å². The van der Waals surface area contributed by atoms with Crippen LogP contribution in [0.3, 0.4) is 0 Å². The van der Waals surface area contributed by atoms with Crippen LogP contribution >= 0.6 is 0 Å². The van der Waals surface area contributed by atoms with Gasteiger partial charge in [-0.25, -0.2) is 9.97 Å². The molecule has 1 aliphatic heterocycles. The molecule has 0 unspecified atom stereocenters. The summed E-state index contributed by atoms with van der Waals surface area (Å²) in [4.78, 5) is 16.5. The highest BCUT2D eigenvalue weighted by Crippen LogP contribution is 2.46. The third kappa shape index (κ3) is 2.62. The first-order valence-electron chi connectivity index (χ1n) is 9.94. The van der Waals surface area contributed by atoms with E-state index in [9.17, 15) is 0 Å². The van der Waals surface area contributed by atoms with E-state index in [1.807, 2.05) is 36.8 Å². The van der Waals surface area contributed by atoms with Crippen LogP contribution in [0.25, 0.3) is 16.9 Å². The summed E-state index contributed by atoms with van der Waals surface area (Å²) in [6.07, 6.45) is 11.7. The van der Waals surface area contributed by atoms with E-state index in [4.69, 9.17) is 10.7 Å². The normalized spacial score (nSPS) is 22.0. The third-order valence-electron chi connectivity index (χ3n) is 6.65. The van der Waals surface area contributed by atoms with Gasteiger partial charge in [-0.05, 0) is 50.2 Å². The maximum atomic E-state index is 6.45. The molecule has 0 radical (unpaired) electrons. The van der Waals surface area contributed by atoms with Gasteiger partial charge in [0.2, 0.25) is 5.95 Å². The summed E-state index contributed by atoms with van der Waals surface area (Å²) in [6, 6.07) is 6.32. The summed E-state index contributed by atoms with van der Waals surface area (Å²) in [6.45, 7) is 4.08. The maximum Gasteiger partial charge on any atom is 0.211 e. The minimum atomic E-state index is 0.355. The summed E-state index contributed by atoms with van der Waals surface area (Å²) in [5, 5.41) is 0. The number of pyridine rings is 1. The molecule has 1 spiro atoms. The molecular weight excluding hydrogens is 336 g/mol. The number of anilines is 1. The van der Waals surface area contributed by atoms with Gasteiger partial charge >= 0.3 is 0 Å². The number of aryl methyl sites for hydroxylation is 1. The van der Waals surface area contributed by atoms with Gasteiger partial charge in [0.25, 0.3) is 0 Å². The van der Waals surface area contributed by atoms with Crippen molar-refractivity contribution in [3.63, 3.8) is 0 Å². The molecule has 1 saturated heterocycles. The van der Waals surface area contributed by atoms with Crippen molar-refractivity contribution in [1.82, 2.24) is 19.4 Å². The van der Waals surface area contributed by atoms with Crippen LogP contribution in [0.1, 0.15) is 37.8 Å². The van der Waals surface area contributed by atoms with Crippen LogP contribution in [0.5, 0.6) is 0 Å². The highest BCUT2D eigenvalue weighted by atomic mass is 15.3. The van der Waals surface area contributed by atoms with E-state index in [1.165, 1.54) is 19.3 Å². The Bertz CT molecular complexity index is 955. The van der Waals surface area contributed by atoms with Gasteiger partial charge in [-0.2, -0.15) is 0 Å². The second-order valence-electron chi connectivity index (χ2n) is 8.06. The lowest BCUT2D eigenvalue weighted by Crippen LogP contribution is -2.47. The zero-order chi connectivity index (χ0) is 18.4. The van der Waals surface area contributed by atoms with Crippen LogP contribution in [-0.2, 0) is 0 Å². The van der Waals surface area contributed by atoms with Crippen molar-refractivity contribution in [2.75, 3.05) is 18.0 Å². The number of rotatable bonds is 2. The summed E-state index contributed by atoms with van der Waals surface area (Å²) >= 11 is 0. The minimum absolute atomic E-state index is 0.355. The molecule has 2 aliphatic rings. The van der Waals surface area contributed by atoms with Crippen molar-refractivity contribution in [3.8, 4) is 11.3 Å². The van der Waals surface area contributed by atoms with E-state index in [1.54, 1.807) is 0 Å². The summed E-state index contributed by atoms with van der Waals surface area (Å²) in [7, 11) is 0. The van der Waals surface area contributed by atoms with Gasteiger partial charge in [0.1, 0.15) is 0 Å². The second-order valence-corrected chi connectivity index (χ2v) is 8.06. The fourth-order valence-corrected chi connectivity index (χ4v) is 5.04. The lowest BCUT2D eigenvalue weighted by molar-refractivity contribution is 0.197. The number of imidazole rings is 1. The van der Waals surface area contributed by atoms with Gasteiger partial charge in [0.15, 0.2) is 5.65 Å². The van der Waals surface area contributed by atoms with Crippen LogP contribution in [0, 0.1) is 12.3 Å². The van der Waals surface area contributed by atoms with Crippen molar-refractivity contribution in [3.05, 3.63) is 42.5 Å². The predicted octanol–water partition coefficient (Wildman–Crippen LogP) is 3.20. The van der Waals surface area contributed by atoms with Crippen LogP contribution < -0.4 is 10.6 Å². The Hall–Kier alpha value is -2.47. The van der Waals surface area contributed by atoms with Gasteiger partial charge in [-0.15, -0.1) is 0 Å². The van der Waals surface area contributed by atoms with Crippen molar-refractivity contribution in [2.24, 2.45) is 11.1 Å². The smallest absolute Gasteiger partial charge is 0.211 e. The van der Waals surface area contributed by atoms with E-state index in [-0.39, 0.29) is 0 Å². The Morgan fingerprint density at radius 2 is 1.96 bits per heavy atom. The molecule has 1 saturated carbocycles. The Balaban J connectivity index is 1.52. The molecule has 3 aromatic heterocycles. The highest BCUT2D eigenvalue weighted by molar-refractivity contribution is 5.78. The van der Waals surface area contributed by atoms with Crippen LogP contribution in [0.15, 0.2) is 36.8 Å². The maximum absolute atomic E-state index is 6.45. The number of nitrogens with two attached hydrogens (primary N) is 1. The molecule has 2 fully saturated rings. The predicted molar refractivity (Wildman–Crippen MR) is 107 cm³/mol. The first kappa shape index (κ1) is 16.7.